The summed E-state index contributed by atoms with van der Waals surface area (Å²) in [5.41, 5.74) is 0.642. The van der Waals surface area contributed by atoms with Crippen LogP contribution in [0, 0.1) is 29.1 Å². The Morgan fingerprint density at radius 2 is 1.35 bits per heavy atom. The van der Waals surface area contributed by atoms with E-state index in [0.29, 0.717) is 17.7 Å². The Hall–Kier alpha value is -3.17. The molecule has 0 heterocycles. The number of amides is 1. The van der Waals surface area contributed by atoms with Crippen LogP contribution in [0.15, 0.2) is 23.3 Å². The zero-order chi connectivity index (χ0) is 19.4. The fraction of sp³-hybridized carbons (Fsp3) is 0.125. The third-order valence-electron chi connectivity index (χ3n) is 3.22. The van der Waals surface area contributed by atoms with Gasteiger partial charge in [0.15, 0.2) is 23.3 Å². The molecule has 2 rings (SSSR count). The van der Waals surface area contributed by atoms with Crippen molar-refractivity contribution in [3.8, 4) is 11.5 Å². The molecule has 0 spiro atoms. The van der Waals surface area contributed by atoms with Crippen molar-refractivity contribution in [2.45, 2.75) is 0 Å². The lowest BCUT2D eigenvalue weighted by molar-refractivity contribution is 0.0954. The van der Waals surface area contributed by atoms with Crippen molar-refractivity contribution in [1.82, 2.24) is 5.43 Å². The van der Waals surface area contributed by atoms with Gasteiger partial charge in [-0.15, -0.1) is 0 Å². The molecule has 1 amide bonds. The molecule has 2 aromatic carbocycles. The SMILES string of the molecule is COc1cc(OC)cc(C(=O)N/N=C\c2c(F)c(F)c(F)c(F)c2F)c1. The Bertz CT molecular complexity index is 835. The molecule has 10 heteroatoms. The van der Waals surface area contributed by atoms with Gasteiger partial charge in [0.05, 0.1) is 26.0 Å². The molecule has 0 aromatic heterocycles. The van der Waals surface area contributed by atoms with Crippen LogP contribution in [0.2, 0.25) is 0 Å². The predicted octanol–water partition coefficient (Wildman–Crippen LogP) is 3.16. The number of hydrogen-bond acceptors (Lipinski definition) is 4. The van der Waals surface area contributed by atoms with Gasteiger partial charge in [-0.3, -0.25) is 4.79 Å². The molecule has 0 saturated carbocycles. The van der Waals surface area contributed by atoms with Gasteiger partial charge in [0.1, 0.15) is 11.5 Å². The Kier molecular flexibility index (Phi) is 5.75. The van der Waals surface area contributed by atoms with Crippen LogP contribution in [0.1, 0.15) is 15.9 Å². The molecule has 0 aliphatic rings. The molecule has 2 aromatic rings. The van der Waals surface area contributed by atoms with Crippen LogP contribution in [-0.2, 0) is 0 Å². The van der Waals surface area contributed by atoms with Gasteiger partial charge in [0.2, 0.25) is 5.82 Å². The van der Waals surface area contributed by atoms with E-state index in [2.05, 4.69) is 5.10 Å². The number of carbonyl (C=O) groups is 1. The first-order valence-electron chi connectivity index (χ1n) is 6.88. The molecule has 0 unspecified atom stereocenters. The van der Waals surface area contributed by atoms with Gasteiger partial charge in [0, 0.05) is 11.6 Å². The highest BCUT2D eigenvalue weighted by molar-refractivity contribution is 5.95. The van der Waals surface area contributed by atoms with Crippen LogP contribution in [-0.4, -0.2) is 26.3 Å². The number of nitrogens with zero attached hydrogens (tertiary/aromatic N) is 1. The smallest absolute Gasteiger partial charge is 0.271 e. The zero-order valence-corrected chi connectivity index (χ0v) is 13.4. The number of hydrazone groups is 1. The van der Waals surface area contributed by atoms with Crippen LogP contribution in [0.3, 0.4) is 0 Å². The number of benzene rings is 2. The topological polar surface area (TPSA) is 59.9 Å². The van der Waals surface area contributed by atoms with Gasteiger partial charge in [-0.2, -0.15) is 5.10 Å². The van der Waals surface area contributed by atoms with E-state index >= 15 is 0 Å². The highest BCUT2D eigenvalue weighted by atomic mass is 19.2. The van der Waals surface area contributed by atoms with Gasteiger partial charge >= 0.3 is 0 Å². The lowest BCUT2D eigenvalue weighted by Crippen LogP contribution is -2.18. The fourth-order valence-corrected chi connectivity index (χ4v) is 1.89. The van der Waals surface area contributed by atoms with Crippen LogP contribution < -0.4 is 14.9 Å². The van der Waals surface area contributed by atoms with Crippen LogP contribution in [0.4, 0.5) is 22.0 Å². The van der Waals surface area contributed by atoms with E-state index in [9.17, 15) is 26.7 Å². The number of ether oxygens (including phenoxy) is 2. The molecule has 0 atom stereocenters. The summed E-state index contributed by atoms with van der Waals surface area (Å²) in [7, 11) is 2.72. The van der Waals surface area contributed by atoms with E-state index < -0.39 is 40.6 Å². The molecule has 0 aliphatic carbocycles. The van der Waals surface area contributed by atoms with Crippen molar-refractivity contribution in [1.29, 1.82) is 0 Å². The maximum Gasteiger partial charge on any atom is 0.271 e. The van der Waals surface area contributed by atoms with Gasteiger partial charge in [-0.25, -0.2) is 27.4 Å². The van der Waals surface area contributed by atoms with E-state index in [0.717, 1.165) is 0 Å². The van der Waals surface area contributed by atoms with Crippen molar-refractivity contribution in [2.75, 3.05) is 14.2 Å². The normalized spacial score (nSPS) is 10.9. The van der Waals surface area contributed by atoms with Crippen molar-refractivity contribution in [3.63, 3.8) is 0 Å². The van der Waals surface area contributed by atoms with E-state index in [1.165, 1.54) is 32.4 Å². The summed E-state index contributed by atoms with van der Waals surface area (Å²) in [6.07, 6.45) is 0.311. The summed E-state index contributed by atoms with van der Waals surface area (Å²) >= 11 is 0. The van der Waals surface area contributed by atoms with Crippen molar-refractivity contribution in [2.24, 2.45) is 5.10 Å². The third-order valence-corrected chi connectivity index (χ3v) is 3.22. The standard InChI is InChI=1S/C16H11F5N2O3/c1-25-8-3-7(4-9(5-8)26-2)16(24)23-22-6-10-11(17)13(19)15(21)14(20)12(10)18/h3-6H,1-2H3,(H,23,24)/b22-6-. The lowest BCUT2D eigenvalue weighted by Gasteiger charge is -2.07. The van der Waals surface area contributed by atoms with E-state index in [1.54, 1.807) is 0 Å². The molecule has 26 heavy (non-hydrogen) atoms. The molecule has 5 nitrogen and oxygen atoms in total. The maximum absolute atomic E-state index is 13.5. The maximum atomic E-state index is 13.5. The number of hydrogen-bond donors (Lipinski definition) is 1. The average molecular weight is 374 g/mol. The fourth-order valence-electron chi connectivity index (χ4n) is 1.89. The second-order valence-electron chi connectivity index (χ2n) is 4.78. The van der Waals surface area contributed by atoms with Crippen LogP contribution in [0.5, 0.6) is 11.5 Å². The summed E-state index contributed by atoms with van der Waals surface area (Å²) in [6, 6.07) is 4.15. The van der Waals surface area contributed by atoms with Crippen molar-refractivity contribution in [3.05, 3.63) is 58.4 Å². The van der Waals surface area contributed by atoms with Gasteiger partial charge < -0.3 is 9.47 Å². The van der Waals surface area contributed by atoms with Crippen molar-refractivity contribution >= 4 is 12.1 Å². The highest BCUT2D eigenvalue weighted by Crippen LogP contribution is 2.23. The summed E-state index contributed by atoms with van der Waals surface area (Å²) in [4.78, 5) is 12.0. The molecule has 0 aliphatic heterocycles. The van der Waals surface area contributed by atoms with E-state index in [-0.39, 0.29) is 5.56 Å². The molecule has 0 fully saturated rings. The quantitative estimate of drug-likeness (QED) is 0.288. The minimum atomic E-state index is -2.29. The number of nitrogens with one attached hydrogen (secondary N) is 1. The lowest BCUT2D eigenvalue weighted by atomic mass is 10.2. The minimum Gasteiger partial charge on any atom is -0.497 e. The van der Waals surface area contributed by atoms with Crippen molar-refractivity contribution < 1.29 is 36.2 Å². The highest BCUT2D eigenvalue weighted by Gasteiger charge is 2.24. The second kappa shape index (κ2) is 7.81. The van der Waals surface area contributed by atoms with Crippen LogP contribution >= 0.6 is 0 Å². The Balaban J connectivity index is 2.26. The number of rotatable bonds is 5. The summed E-state index contributed by atoms with van der Waals surface area (Å²) in [5.74, 6) is -10.9. The Morgan fingerprint density at radius 3 is 1.81 bits per heavy atom. The average Bonchev–Trinajstić information content (AvgIpc) is 2.66. The number of carbonyl (C=O) groups excluding carboxylic acids is 1. The largest absolute Gasteiger partial charge is 0.497 e. The molecule has 138 valence electrons. The monoisotopic (exact) mass is 374 g/mol. The number of methoxy groups -OCH3 is 2. The van der Waals surface area contributed by atoms with Crippen LogP contribution in [0.25, 0.3) is 0 Å². The summed E-state index contributed by atoms with van der Waals surface area (Å²) < 4.78 is 76.0. The molecule has 0 bridgehead atoms. The molecule has 1 N–H and O–H groups in total. The number of halogens is 5. The molecular formula is C16H11F5N2O3. The predicted molar refractivity (Wildman–Crippen MR) is 80.8 cm³/mol. The van der Waals surface area contributed by atoms with Gasteiger partial charge in [-0.05, 0) is 12.1 Å². The second-order valence-corrected chi connectivity index (χ2v) is 4.78. The molecule has 0 saturated heterocycles. The summed E-state index contributed by atoms with van der Waals surface area (Å²) in [5, 5.41) is 3.22. The summed E-state index contributed by atoms with van der Waals surface area (Å²) in [6.45, 7) is 0. The van der Waals surface area contributed by atoms with Gasteiger partial charge in [-0.1, -0.05) is 0 Å². The Labute approximate surface area is 144 Å². The molecular weight excluding hydrogens is 363 g/mol. The molecule has 0 radical (unpaired) electrons. The zero-order valence-electron chi connectivity index (χ0n) is 13.4. The van der Waals surface area contributed by atoms with E-state index in [1.807, 2.05) is 5.43 Å². The first-order chi connectivity index (χ1) is 12.3. The first-order valence-corrected chi connectivity index (χ1v) is 6.88. The van der Waals surface area contributed by atoms with Gasteiger partial charge in [0.25, 0.3) is 5.91 Å². The Morgan fingerprint density at radius 1 is 0.885 bits per heavy atom. The van der Waals surface area contributed by atoms with E-state index in [4.69, 9.17) is 9.47 Å². The first kappa shape index (κ1) is 19.2. The minimum absolute atomic E-state index is 0.0239. The third kappa shape index (κ3) is 3.73.